The highest BCUT2D eigenvalue weighted by Crippen LogP contribution is 2.29. The third-order valence-corrected chi connectivity index (χ3v) is 3.88. The molecule has 2 heterocycles. The minimum atomic E-state index is -0.496. The maximum absolute atomic E-state index is 5.97. The summed E-state index contributed by atoms with van der Waals surface area (Å²) in [6, 6.07) is 6.63. The number of ether oxygens (including phenoxy) is 2. The molecule has 0 N–H and O–H groups in total. The summed E-state index contributed by atoms with van der Waals surface area (Å²) < 4.78 is 14.0. The van der Waals surface area contributed by atoms with Gasteiger partial charge in [0.1, 0.15) is 0 Å². The molecular formula is C17H22N2O2. The summed E-state index contributed by atoms with van der Waals surface area (Å²) in [5, 5.41) is 0. The van der Waals surface area contributed by atoms with Gasteiger partial charge in [-0.25, -0.2) is 4.98 Å². The Bertz CT molecular complexity index is 567. The Balaban J connectivity index is 1.74. The van der Waals surface area contributed by atoms with Gasteiger partial charge >= 0.3 is 0 Å². The van der Waals surface area contributed by atoms with Gasteiger partial charge in [0.2, 0.25) is 0 Å². The lowest BCUT2D eigenvalue weighted by Crippen LogP contribution is -2.34. The monoisotopic (exact) mass is 286 g/mol. The van der Waals surface area contributed by atoms with Gasteiger partial charge in [-0.05, 0) is 19.4 Å². The molecule has 1 fully saturated rings. The molecule has 0 saturated carbocycles. The van der Waals surface area contributed by atoms with Gasteiger partial charge in [-0.15, -0.1) is 0 Å². The average molecular weight is 286 g/mol. The lowest BCUT2D eigenvalue weighted by molar-refractivity contribution is -0.162. The van der Waals surface area contributed by atoms with Crippen molar-refractivity contribution >= 4 is 0 Å². The highest BCUT2D eigenvalue weighted by atomic mass is 16.7. The van der Waals surface area contributed by atoms with E-state index in [1.807, 2.05) is 12.5 Å². The Labute approximate surface area is 125 Å². The van der Waals surface area contributed by atoms with Crippen molar-refractivity contribution in [3.8, 4) is 0 Å². The molecule has 1 aliphatic heterocycles. The van der Waals surface area contributed by atoms with E-state index in [4.69, 9.17) is 9.47 Å². The quantitative estimate of drug-likeness (QED) is 0.848. The number of aromatic nitrogens is 2. The van der Waals surface area contributed by atoms with Crippen molar-refractivity contribution in [1.29, 1.82) is 0 Å². The van der Waals surface area contributed by atoms with Crippen LogP contribution in [-0.4, -0.2) is 28.6 Å². The first-order valence-electron chi connectivity index (χ1n) is 7.46. The van der Waals surface area contributed by atoms with Gasteiger partial charge in [0.05, 0.1) is 19.5 Å². The molecule has 1 aliphatic rings. The Hall–Kier alpha value is -1.65. The number of nitrogens with zero attached hydrogens (tertiary/aromatic N) is 2. The molecule has 4 nitrogen and oxygen atoms in total. The molecule has 0 aliphatic carbocycles. The maximum Gasteiger partial charge on any atom is 0.174 e. The summed E-state index contributed by atoms with van der Waals surface area (Å²) in [6.07, 6.45) is 7.23. The predicted octanol–water partition coefficient (Wildman–Crippen LogP) is 2.88. The average Bonchev–Trinajstić information content (AvgIpc) is 3.06. The largest absolute Gasteiger partial charge is 0.347 e. The first kappa shape index (κ1) is 14.3. The highest BCUT2D eigenvalue weighted by molar-refractivity contribution is 5.29. The van der Waals surface area contributed by atoms with E-state index in [-0.39, 0.29) is 0 Å². The van der Waals surface area contributed by atoms with E-state index in [2.05, 4.69) is 41.6 Å². The molecular weight excluding hydrogens is 264 g/mol. The van der Waals surface area contributed by atoms with Crippen LogP contribution in [0, 0.1) is 13.8 Å². The summed E-state index contributed by atoms with van der Waals surface area (Å²) in [5.41, 5.74) is 3.85. The number of hydrogen-bond acceptors (Lipinski definition) is 3. The van der Waals surface area contributed by atoms with Crippen LogP contribution in [0.3, 0.4) is 0 Å². The topological polar surface area (TPSA) is 36.3 Å². The predicted molar refractivity (Wildman–Crippen MR) is 81.1 cm³/mol. The van der Waals surface area contributed by atoms with E-state index in [0.717, 1.165) is 19.4 Å². The van der Waals surface area contributed by atoms with E-state index < -0.39 is 5.79 Å². The van der Waals surface area contributed by atoms with Crippen LogP contribution >= 0.6 is 0 Å². The second kappa shape index (κ2) is 6.00. The molecule has 0 amide bonds. The molecule has 0 bridgehead atoms. The second-order valence-corrected chi connectivity index (χ2v) is 5.83. The number of benzene rings is 1. The zero-order chi connectivity index (χ0) is 14.7. The summed E-state index contributed by atoms with van der Waals surface area (Å²) in [7, 11) is 0. The minimum absolute atomic E-state index is 0.496. The van der Waals surface area contributed by atoms with Crippen molar-refractivity contribution in [3.05, 3.63) is 53.6 Å². The zero-order valence-electron chi connectivity index (χ0n) is 12.7. The Morgan fingerprint density at radius 3 is 2.48 bits per heavy atom. The lowest BCUT2D eigenvalue weighted by atomic mass is 9.98. The SMILES string of the molecule is Cc1cc(C)cc(CC2(CCn3ccnc3)OCCO2)c1. The third kappa shape index (κ3) is 3.52. The summed E-state index contributed by atoms with van der Waals surface area (Å²) in [6.45, 7) is 6.46. The number of imidazole rings is 1. The van der Waals surface area contributed by atoms with Gasteiger partial charge in [-0.2, -0.15) is 0 Å². The van der Waals surface area contributed by atoms with Crippen molar-refractivity contribution in [2.45, 2.75) is 39.0 Å². The minimum Gasteiger partial charge on any atom is -0.347 e. The van der Waals surface area contributed by atoms with Gasteiger partial charge < -0.3 is 14.0 Å². The fourth-order valence-corrected chi connectivity index (χ4v) is 3.03. The van der Waals surface area contributed by atoms with Crippen LogP contribution in [0.1, 0.15) is 23.1 Å². The van der Waals surface area contributed by atoms with Crippen LogP contribution in [0.2, 0.25) is 0 Å². The molecule has 0 spiro atoms. The van der Waals surface area contributed by atoms with Crippen LogP contribution in [0.5, 0.6) is 0 Å². The normalized spacial score (nSPS) is 17.2. The molecule has 112 valence electrons. The zero-order valence-corrected chi connectivity index (χ0v) is 12.7. The molecule has 2 aromatic rings. The van der Waals surface area contributed by atoms with Crippen molar-refractivity contribution < 1.29 is 9.47 Å². The molecule has 21 heavy (non-hydrogen) atoms. The van der Waals surface area contributed by atoms with Crippen LogP contribution in [-0.2, 0) is 22.4 Å². The molecule has 1 aromatic heterocycles. The fourth-order valence-electron chi connectivity index (χ4n) is 3.03. The molecule has 0 unspecified atom stereocenters. The van der Waals surface area contributed by atoms with Crippen LogP contribution in [0.15, 0.2) is 36.9 Å². The molecule has 1 aromatic carbocycles. The first-order valence-corrected chi connectivity index (χ1v) is 7.46. The second-order valence-electron chi connectivity index (χ2n) is 5.83. The van der Waals surface area contributed by atoms with Crippen molar-refractivity contribution in [1.82, 2.24) is 9.55 Å². The van der Waals surface area contributed by atoms with Gasteiger partial charge in [-0.1, -0.05) is 29.3 Å². The van der Waals surface area contributed by atoms with E-state index in [1.165, 1.54) is 16.7 Å². The van der Waals surface area contributed by atoms with E-state index in [9.17, 15) is 0 Å². The molecule has 3 rings (SSSR count). The van der Waals surface area contributed by atoms with Crippen molar-refractivity contribution in [2.24, 2.45) is 0 Å². The van der Waals surface area contributed by atoms with Crippen LogP contribution < -0.4 is 0 Å². The van der Waals surface area contributed by atoms with Gasteiger partial charge in [0, 0.05) is 31.8 Å². The number of hydrogen-bond donors (Lipinski definition) is 0. The van der Waals surface area contributed by atoms with Crippen LogP contribution in [0.4, 0.5) is 0 Å². The first-order chi connectivity index (χ1) is 10.2. The summed E-state index contributed by atoms with van der Waals surface area (Å²) >= 11 is 0. The van der Waals surface area contributed by atoms with Gasteiger partial charge in [-0.3, -0.25) is 0 Å². The lowest BCUT2D eigenvalue weighted by Gasteiger charge is -2.28. The van der Waals surface area contributed by atoms with Gasteiger partial charge in [0.15, 0.2) is 5.79 Å². The number of rotatable bonds is 5. The number of aryl methyl sites for hydroxylation is 3. The Morgan fingerprint density at radius 2 is 1.86 bits per heavy atom. The van der Waals surface area contributed by atoms with E-state index in [1.54, 1.807) is 6.20 Å². The summed E-state index contributed by atoms with van der Waals surface area (Å²) in [4.78, 5) is 4.08. The van der Waals surface area contributed by atoms with Crippen molar-refractivity contribution in [3.63, 3.8) is 0 Å². The van der Waals surface area contributed by atoms with Gasteiger partial charge in [0.25, 0.3) is 0 Å². The molecule has 1 saturated heterocycles. The Kier molecular flexibility index (Phi) is 4.08. The highest BCUT2D eigenvalue weighted by Gasteiger charge is 2.36. The van der Waals surface area contributed by atoms with Crippen LogP contribution in [0.25, 0.3) is 0 Å². The Morgan fingerprint density at radius 1 is 1.14 bits per heavy atom. The summed E-state index contributed by atoms with van der Waals surface area (Å²) in [5.74, 6) is -0.496. The smallest absolute Gasteiger partial charge is 0.174 e. The van der Waals surface area contributed by atoms with E-state index >= 15 is 0 Å². The maximum atomic E-state index is 5.97. The standard InChI is InChI=1S/C17H22N2O2/c1-14-9-15(2)11-16(10-14)12-17(20-7-8-21-17)3-5-19-6-4-18-13-19/h4,6,9-11,13H,3,5,7-8,12H2,1-2H3. The van der Waals surface area contributed by atoms with Crippen molar-refractivity contribution in [2.75, 3.05) is 13.2 Å². The molecule has 0 radical (unpaired) electrons. The molecule has 4 heteroatoms. The third-order valence-electron chi connectivity index (χ3n) is 3.88. The van der Waals surface area contributed by atoms with E-state index in [0.29, 0.717) is 13.2 Å². The molecule has 0 atom stereocenters. The fraction of sp³-hybridized carbons (Fsp3) is 0.471.